The summed E-state index contributed by atoms with van der Waals surface area (Å²) in [5.74, 6) is 0. The smallest absolute Gasteiger partial charge is 0.0930 e. The molecule has 3 N–H and O–H groups in total. The summed E-state index contributed by atoms with van der Waals surface area (Å²) in [4.78, 5) is 3.19. The van der Waals surface area contributed by atoms with Crippen molar-refractivity contribution in [1.82, 2.24) is 14.8 Å². The van der Waals surface area contributed by atoms with E-state index in [9.17, 15) is 0 Å². The van der Waals surface area contributed by atoms with Gasteiger partial charge in [0.1, 0.15) is 0 Å². The van der Waals surface area contributed by atoms with Crippen molar-refractivity contribution in [2.24, 2.45) is 7.05 Å². The number of nitrogens with one attached hydrogen (secondary N) is 1. The van der Waals surface area contributed by atoms with E-state index in [-0.39, 0.29) is 0 Å². The summed E-state index contributed by atoms with van der Waals surface area (Å²) in [6, 6.07) is 5.75. The Morgan fingerprint density at radius 2 is 2.24 bits per heavy atom. The molecule has 0 bridgehead atoms. The van der Waals surface area contributed by atoms with Crippen LogP contribution in [0.1, 0.15) is 0 Å². The monoisotopic (exact) mass is 246 g/mol. The molecule has 1 aromatic carbocycles. The largest absolute Gasteiger partial charge is 0.396 e. The highest BCUT2D eigenvalue weighted by Crippen LogP contribution is 2.32. The van der Waals surface area contributed by atoms with Crippen LogP contribution in [0.5, 0.6) is 0 Å². The fourth-order valence-corrected chi connectivity index (χ4v) is 2.25. The van der Waals surface area contributed by atoms with Gasteiger partial charge in [-0.1, -0.05) is 17.7 Å². The van der Waals surface area contributed by atoms with Crippen LogP contribution in [0.25, 0.3) is 22.2 Å². The first-order valence-corrected chi connectivity index (χ1v) is 5.59. The lowest BCUT2D eigenvalue weighted by Gasteiger charge is -2.02. The van der Waals surface area contributed by atoms with Crippen molar-refractivity contribution in [2.75, 3.05) is 5.73 Å². The lowest BCUT2D eigenvalue weighted by Crippen LogP contribution is -1.95. The Bertz CT molecular complexity index is 676. The minimum Gasteiger partial charge on any atom is -0.396 e. The number of H-pyrrole nitrogens is 1. The van der Waals surface area contributed by atoms with Gasteiger partial charge in [-0.05, 0) is 12.1 Å². The number of hydrogen-bond acceptors (Lipinski definition) is 2. The first-order valence-electron chi connectivity index (χ1n) is 5.21. The summed E-state index contributed by atoms with van der Waals surface area (Å²) in [6.45, 7) is 0. The second-order valence-corrected chi connectivity index (χ2v) is 4.40. The Labute approximate surface area is 103 Å². The number of fused-ring (bicyclic) bond motifs is 1. The zero-order chi connectivity index (χ0) is 12.0. The van der Waals surface area contributed by atoms with Crippen LogP contribution >= 0.6 is 11.6 Å². The highest BCUT2D eigenvalue weighted by Gasteiger charge is 2.13. The van der Waals surface area contributed by atoms with Crippen molar-refractivity contribution in [1.29, 1.82) is 0 Å². The molecule has 3 rings (SSSR count). The molecule has 0 saturated heterocycles. The molecule has 0 aliphatic rings. The van der Waals surface area contributed by atoms with Gasteiger partial charge < -0.3 is 10.7 Å². The Kier molecular flexibility index (Phi) is 2.12. The van der Waals surface area contributed by atoms with Gasteiger partial charge in [0, 0.05) is 34.7 Å². The second-order valence-electron chi connectivity index (χ2n) is 3.96. The maximum absolute atomic E-state index is 5.95. The van der Waals surface area contributed by atoms with Gasteiger partial charge in [-0.2, -0.15) is 5.10 Å². The standard InChI is InChI=1S/C12H11ClN4/c1-17-12(10(14)6-16-17)9-5-15-11-4-7(13)2-3-8(9)11/h2-6,15H,14H2,1H3. The molecule has 0 fully saturated rings. The van der Waals surface area contributed by atoms with E-state index in [2.05, 4.69) is 10.1 Å². The van der Waals surface area contributed by atoms with E-state index in [1.54, 1.807) is 10.9 Å². The van der Waals surface area contributed by atoms with Crippen LogP contribution in [-0.4, -0.2) is 14.8 Å². The zero-order valence-electron chi connectivity index (χ0n) is 9.24. The van der Waals surface area contributed by atoms with E-state index in [0.29, 0.717) is 10.7 Å². The lowest BCUT2D eigenvalue weighted by molar-refractivity contribution is 0.776. The van der Waals surface area contributed by atoms with Gasteiger partial charge in [0.15, 0.2) is 0 Å². The maximum atomic E-state index is 5.95. The number of aromatic nitrogens is 3. The number of nitrogens with zero attached hydrogens (tertiary/aromatic N) is 2. The number of benzene rings is 1. The van der Waals surface area contributed by atoms with Crippen LogP contribution < -0.4 is 5.73 Å². The van der Waals surface area contributed by atoms with Gasteiger partial charge in [0.2, 0.25) is 0 Å². The number of rotatable bonds is 1. The average Bonchev–Trinajstić information content (AvgIpc) is 2.83. The summed E-state index contributed by atoms with van der Waals surface area (Å²) in [5.41, 5.74) is 9.55. The first-order chi connectivity index (χ1) is 8.16. The van der Waals surface area contributed by atoms with E-state index in [1.165, 1.54) is 0 Å². The number of nitrogens with two attached hydrogens (primary N) is 1. The molecule has 0 amide bonds. The number of anilines is 1. The minimum absolute atomic E-state index is 0.670. The molecule has 0 atom stereocenters. The topological polar surface area (TPSA) is 59.6 Å². The maximum Gasteiger partial charge on any atom is 0.0930 e. The third-order valence-corrected chi connectivity index (χ3v) is 3.10. The van der Waals surface area contributed by atoms with Crippen molar-refractivity contribution in [2.45, 2.75) is 0 Å². The molecule has 17 heavy (non-hydrogen) atoms. The molecule has 4 nitrogen and oxygen atoms in total. The van der Waals surface area contributed by atoms with Crippen LogP contribution in [0.4, 0.5) is 5.69 Å². The number of nitrogen functional groups attached to an aromatic ring is 1. The van der Waals surface area contributed by atoms with Crippen molar-refractivity contribution in [3.05, 3.63) is 35.6 Å². The third-order valence-electron chi connectivity index (χ3n) is 2.87. The normalized spacial score (nSPS) is 11.2. The van der Waals surface area contributed by atoms with Crippen LogP contribution in [0, 0.1) is 0 Å². The van der Waals surface area contributed by atoms with Gasteiger partial charge in [-0.3, -0.25) is 4.68 Å². The Morgan fingerprint density at radius 1 is 1.41 bits per heavy atom. The highest BCUT2D eigenvalue weighted by atomic mass is 35.5. The molecule has 86 valence electrons. The average molecular weight is 247 g/mol. The molecular formula is C12H11ClN4. The molecule has 2 heterocycles. The molecule has 0 saturated carbocycles. The van der Waals surface area contributed by atoms with Crippen molar-refractivity contribution < 1.29 is 0 Å². The van der Waals surface area contributed by atoms with Crippen LogP contribution in [0.3, 0.4) is 0 Å². The molecule has 0 aliphatic carbocycles. The summed E-state index contributed by atoms with van der Waals surface area (Å²) < 4.78 is 1.77. The fourth-order valence-electron chi connectivity index (χ4n) is 2.08. The number of aryl methyl sites for hydroxylation is 1. The summed E-state index contributed by atoms with van der Waals surface area (Å²) in [7, 11) is 1.88. The van der Waals surface area contributed by atoms with E-state index < -0.39 is 0 Å². The SMILES string of the molecule is Cn1ncc(N)c1-c1c[nH]c2cc(Cl)ccc12. The van der Waals surface area contributed by atoms with Gasteiger partial charge in [-0.15, -0.1) is 0 Å². The van der Waals surface area contributed by atoms with Crippen LogP contribution in [0.15, 0.2) is 30.6 Å². The predicted octanol–water partition coefficient (Wildman–Crippen LogP) is 2.80. The Balaban J connectivity index is 2.32. The van der Waals surface area contributed by atoms with Crippen molar-refractivity contribution in [3.63, 3.8) is 0 Å². The fraction of sp³-hybridized carbons (Fsp3) is 0.0833. The second kappa shape index (κ2) is 3.53. The molecular weight excluding hydrogens is 236 g/mol. The van der Waals surface area contributed by atoms with E-state index in [4.69, 9.17) is 17.3 Å². The van der Waals surface area contributed by atoms with Gasteiger partial charge >= 0.3 is 0 Å². The highest BCUT2D eigenvalue weighted by molar-refractivity contribution is 6.31. The number of aromatic amines is 1. The van der Waals surface area contributed by atoms with Crippen LogP contribution in [0.2, 0.25) is 5.02 Å². The molecule has 5 heteroatoms. The Morgan fingerprint density at radius 3 is 2.94 bits per heavy atom. The summed E-state index contributed by atoms with van der Waals surface area (Å²) in [5, 5.41) is 5.95. The van der Waals surface area contributed by atoms with Gasteiger partial charge in [-0.25, -0.2) is 0 Å². The summed E-state index contributed by atoms with van der Waals surface area (Å²) in [6.07, 6.45) is 3.58. The van der Waals surface area contributed by atoms with Crippen molar-refractivity contribution >= 4 is 28.2 Å². The zero-order valence-corrected chi connectivity index (χ0v) is 9.99. The number of hydrogen-bond donors (Lipinski definition) is 2. The van der Waals surface area contributed by atoms with E-state index in [1.807, 2.05) is 31.4 Å². The summed E-state index contributed by atoms with van der Waals surface area (Å²) >= 11 is 5.95. The molecule has 0 radical (unpaired) electrons. The van der Waals surface area contributed by atoms with E-state index >= 15 is 0 Å². The lowest BCUT2D eigenvalue weighted by atomic mass is 10.1. The first kappa shape index (κ1) is 10.2. The third kappa shape index (κ3) is 1.49. The van der Waals surface area contributed by atoms with Crippen molar-refractivity contribution in [3.8, 4) is 11.3 Å². The molecule has 0 unspecified atom stereocenters. The molecule has 3 aromatic rings. The van der Waals surface area contributed by atoms with Gasteiger partial charge in [0.05, 0.1) is 17.6 Å². The number of halogens is 1. The Hall–Kier alpha value is -1.94. The predicted molar refractivity (Wildman–Crippen MR) is 69.9 cm³/mol. The van der Waals surface area contributed by atoms with Gasteiger partial charge in [0.25, 0.3) is 0 Å². The molecule has 0 spiro atoms. The van der Waals surface area contributed by atoms with E-state index in [0.717, 1.165) is 22.2 Å². The van der Waals surface area contributed by atoms with Crippen LogP contribution in [-0.2, 0) is 7.05 Å². The molecule has 2 aromatic heterocycles. The quantitative estimate of drug-likeness (QED) is 0.694. The molecule has 0 aliphatic heterocycles. The minimum atomic E-state index is 0.670.